The number of nitrogens with two attached hydrogens (primary N) is 1. The highest BCUT2D eigenvalue weighted by Gasteiger charge is 2.32. The maximum atomic E-state index is 12.1. The lowest BCUT2D eigenvalue weighted by Gasteiger charge is -2.33. The molecule has 3 amide bonds. The lowest BCUT2D eigenvalue weighted by molar-refractivity contribution is -0.156. The Hall–Kier alpha value is -3.43. The number of benzene rings is 1. The monoisotopic (exact) mass is 375 g/mol. The van der Waals surface area contributed by atoms with Crippen molar-refractivity contribution in [3.05, 3.63) is 29.8 Å². The Labute approximate surface area is 155 Å². The lowest BCUT2D eigenvalue weighted by Crippen LogP contribution is -2.55. The molecule has 10 heteroatoms. The van der Waals surface area contributed by atoms with Crippen molar-refractivity contribution < 1.29 is 24.3 Å². The number of nitrogens with zero attached hydrogens (tertiary/aromatic N) is 2. The third-order valence-corrected chi connectivity index (χ3v) is 4.08. The summed E-state index contributed by atoms with van der Waals surface area (Å²) in [5.41, 5.74) is 6.43. The first-order chi connectivity index (χ1) is 12.8. The van der Waals surface area contributed by atoms with Gasteiger partial charge in [-0.15, -0.1) is 0 Å². The normalized spacial score (nSPS) is 14.2. The first kappa shape index (κ1) is 19.9. The van der Waals surface area contributed by atoms with E-state index < -0.39 is 17.8 Å². The summed E-state index contributed by atoms with van der Waals surface area (Å²) >= 11 is 0. The van der Waals surface area contributed by atoms with Crippen molar-refractivity contribution in [3.8, 4) is 0 Å². The van der Waals surface area contributed by atoms with E-state index in [9.17, 15) is 19.2 Å². The van der Waals surface area contributed by atoms with E-state index in [1.165, 1.54) is 9.80 Å². The number of hydrogen-bond acceptors (Lipinski definition) is 5. The lowest BCUT2D eigenvalue weighted by atomic mass is 10.2. The average molecular weight is 375 g/mol. The van der Waals surface area contributed by atoms with Gasteiger partial charge in [0.1, 0.15) is 5.84 Å². The predicted molar refractivity (Wildman–Crippen MR) is 96.1 cm³/mol. The number of rotatable bonds is 8. The Kier molecular flexibility index (Phi) is 6.47. The number of nitrogens with one attached hydrogen (secondary N) is 2. The Bertz CT molecular complexity index is 761. The van der Waals surface area contributed by atoms with Crippen LogP contribution in [-0.4, -0.2) is 70.6 Å². The highest BCUT2D eigenvalue weighted by atomic mass is 16.4. The summed E-state index contributed by atoms with van der Waals surface area (Å²) < 4.78 is 0. The molecule has 1 saturated heterocycles. The molecule has 1 heterocycles. The zero-order chi connectivity index (χ0) is 20.0. The molecule has 0 atom stereocenters. The van der Waals surface area contributed by atoms with Gasteiger partial charge < -0.3 is 26.0 Å². The Morgan fingerprint density at radius 1 is 1.04 bits per heavy atom. The number of piperazine rings is 1. The third-order valence-electron chi connectivity index (χ3n) is 4.08. The summed E-state index contributed by atoms with van der Waals surface area (Å²) in [6.07, 6.45) is -0.202. The summed E-state index contributed by atoms with van der Waals surface area (Å²) in [6, 6.07) is 6.45. The van der Waals surface area contributed by atoms with E-state index in [1.807, 2.05) is 0 Å². The zero-order valence-electron chi connectivity index (χ0n) is 14.6. The number of carboxylic acid groups (broad SMARTS) is 1. The number of aliphatic carboxylic acids is 1. The molecule has 144 valence electrons. The number of amidine groups is 1. The van der Waals surface area contributed by atoms with Crippen molar-refractivity contribution in [2.24, 2.45) is 5.73 Å². The molecule has 1 aromatic rings. The van der Waals surface area contributed by atoms with Crippen LogP contribution >= 0.6 is 0 Å². The van der Waals surface area contributed by atoms with Crippen molar-refractivity contribution >= 4 is 35.2 Å². The van der Waals surface area contributed by atoms with Crippen LogP contribution in [0.4, 0.5) is 5.69 Å². The largest absolute Gasteiger partial charge is 0.481 e. The van der Waals surface area contributed by atoms with Crippen LogP contribution < -0.4 is 11.1 Å². The molecule has 1 aliphatic heterocycles. The molecule has 0 unspecified atom stereocenters. The van der Waals surface area contributed by atoms with Crippen LogP contribution in [0, 0.1) is 5.41 Å². The van der Waals surface area contributed by atoms with Crippen molar-refractivity contribution in [2.45, 2.75) is 12.8 Å². The van der Waals surface area contributed by atoms with Gasteiger partial charge in [0, 0.05) is 43.9 Å². The van der Waals surface area contributed by atoms with Gasteiger partial charge in [0.2, 0.25) is 5.91 Å². The summed E-state index contributed by atoms with van der Waals surface area (Å²) in [4.78, 5) is 49.2. The minimum Gasteiger partial charge on any atom is -0.481 e. The fourth-order valence-electron chi connectivity index (χ4n) is 2.57. The van der Waals surface area contributed by atoms with Crippen molar-refractivity contribution in [1.29, 1.82) is 5.41 Å². The highest BCUT2D eigenvalue weighted by Crippen LogP contribution is 2.11. The predicted octanol–water partition coefficient (Wildman–Crippen LogP) is -0.555. The van der Waals surface area contributed by atoms with Crippen LogP contribution in [0.2, 0.25) is 0 Å². The van der Waals surface area contributed by atoms with Gasteiger partial charge in [-0.05, 0) is 24.3 Å². The van der Waals surface area contributed by atoms with E-state index in [4.69, 9.17) is 16.2 Å². The maximum absolute atomic E-state index is 12.1. The fraction of sp³-hybridized carbons (Fsp3) is 0.353. The summed E-state index contributed by atoms with van der Waals surface area (Å²) in [5, 5.41) is 18.6. The number of anilines is 1. The molecule has 2 rings (SSSR count). The highest BCUT2D eigenvalue weighted by molar-refractivity contribution is 6.35. The zero-order valence-corrected chi connectivity index (χ0v) is 14.6. The van der Waals surface area contributed by atoms with Crippen LogP contribution in [0.1, 0.15) is 18.4 Å². The summed E-state index contributed by atoms with van der Waals surface area (Å²) in [5.74, 6) is -2.91. The average Bonchev–Trinajstić information content (AvgIpc) is 2.62. The fourth-order valence-corrected chi connectivity index (χ4v) is 2.57. The molecule has 10 nitrogen and oxygen atoms in total. The molecular formula is C17H21N5O5. The van der Waals surface area contributed by atoms with Gasteiger partial charge in [-0.3, -0.25) is 24.6 Å². The number of carbonyl (C=O) groups is 4. The minimum absolute atomic E-state index is 0.00943. The second kappa shape index (κ2) is 8.79. The third kappa shape index (κ3) is 5.53. The molecule has 0 spiro atoms. The van der Waals surface area contributed by atoms with Crippen LogP contribution in [0.3, 0.4) is 0 Å². The van der Waals surface area contributed by atoms with E-state index in [-0.39, 0.29) is 50.8 Å². The smallest absolute Gasteiger partial charge is 0.312 e. The second-order valence-corrected chi connectivity index (χ2v) is 6.02. The molecule has 0 saturated carbocycles. The van der Waals surface area contributed by atoms with E-state index in [2.05, 4.69) is 5.32 Å². The number of amides is 3. The molecule has 0 radical (unpaired) electrons. The Balaban J connectivity index is 1.81. The van der Waals surface area contributed by atoms with Crippen LogP contribution in [0.25, 0.3) is 0 Å². The van der Waals surface area contributed by atoms with E-state index >= 15 is 0 Å². The van der Waals surface area contributed by atoms with Gasteiger partial charge in [0.05, 0.1) is 6.42 Å². The second-order valence-electron chi connectivity index (χ2n) is 6.02. The van der Waals surface area contributed by atoms with E-state index in [0.29, 0.717) is 11.3 Å². The maximum Gasteiger partial charge on any atom is 0.312 e. The molecule has 0 bridgehead atoms. The van der Waals surface area contributed by atoms with Gasteiger partial charge in [0.25, 0.3) is 0 Å². The molecular weight excluding hydrogens is 354 g/mol. The van der Waals surface area contributed by atoms with E-state index in [1.54, 1.807) is 24.3 Å². The standard InChI is InChI=1S/C17H21N5O5/c18-15(19)11-1-3-12(4-2-11)20-13(23)5-7-21-9-10-22(8-6-14(24)25)17(27)16(21)26/h1-4H,5-10H2,(H3,18,19)(H,20,23)(H,24,25). The SMILES string of the molecule is N=C(N)c1ccc(NC(=O)CCN2CCN(CCC(=O)O)C(=O)C2=O)cc1. The summed E-state index contributed by atoms with van der Waals surface area (Å²) in [7, 11) is 0. The topological polar surface area (TPSA) is 157 Å². The number of carboxylic acids is 1. The number of hydrogen-bond donors (Lipinski definition) is 4. The van der Waals surface area contributed by atoms with E-state index in [0.717, 1.165) is 0 Å². The van der Waals surface area contributed by atoms with Crippen molar-refractivity contribution in [2.75, 3.05) is 31.5 Å². The first-order valence-electron chi connectivity index (χ1n) is 8.32. The first-order valence-corrected chi connectivity index (χ1v) is 8.32. The van der Waals surface area contributed by atoms with Gasteiger partial charge in [0.15, 0.2) is 0 Å². The molecule has 1 aromatic carbocycles. The Morgan fingerprint density at radius 2 is 1.56 bits per heavy atom. The van der Waals surface area contributed by atoms with Crippen LogP contribution in [-0.2, 0) is 19.2 Å². The molecule has 5 N–H and O–H groups in total. The molecule has 0 aromatic heterocycles. The van der Waals surface area contributed by atoms with Crippen molar-refractivity contribution in [3.63, 3.8) is 0 Å². The molecule has 0 aliphatic carbocycles. The minimum atomic E-state index is -1.04. The van der Waals surface area contributed by atoms with Gasteiger partial charge in [-0.25, -0.2) is 0 Å². The molecule has 1 aliphatic rings. The Morgan fingerprint density at radius 3 is 2.04 bits per heavy atom. The van der Waals surface area contributed by atoms with Crippen LogP contribution in [0.15, 0.2) is 24.3 Å². The molecule has 1 fully saturated rings. The van der Waals surface area contributed by atoms with Gasteiger partial charge in [-0.2, -0.15) is 0 Å². The number of carbonyl (C=O) groups excluding carboxylic acids is 3. The van der Waals surface area contributed by atoms with Gasteiger partial charge >= 0.3 is 17.8 Å². The van der Waals surface area contributed by atoms with Crippen molar-refractivity contribution in [1.82, 2.24) is 9.80 Å². The summed E-state index contributed by atoms with van der Waals surface area (Å²) in [6.45, 7) is 0.579. The number of nitrogen functional groups attached to an aromatic ring is 1. The molecule has 27 heavy (non-hydrogen) atoms. The van der Waals surface area contributed by atoms with Gasteiger partial charge in [-0.1, -0.05) is 0 Å². The van der Waals surface area contributed by atoms with Crippen LogP contribution in [0.5, 0.6) is 0 Å². The quantitative estimate of drug-likeness (QED) is 0.271.